The van der Waals surface area contributed by atoms with Crippen LogP contribution in [0.3, 0.4) is 0 Å². The number of fused-ring (bicyclic) bond motifs is 3. The Hall–Kier alpha value is -4.04. The average Bonchev–Trinajstić information content (AvgIpc) is 3.08. The van der Waals surface area contributed by atoms with Crippen molar-refractivity contribution in [3.63, 3.8) is 0 Å². The predicted molar refractivity (Wildman–Crippen MR) is 168 cm³/mol. The SMILES string of the molecule is COC(=O)c1c(OC2CC(OC3CC(O)C(O)C(C)O3)C(O)C(C)O2)cc2cc3c(c(O)c2c1C)C(=O)C1(O)C(=O)C=C(OC)C(O)C1(O)C3=O. The highest BCUT2D eigenvalue weighted by Gasteiger charge is 2.73. The number of carbonyl (C=O) groups excluding carboxylic acids is 4. The highest BCUT2D eigenvalue weighted by molar-refractivity contribution is 6.35. The van der Waals surface area contributed by atoms with Crippen molar-refractivity contribution in [1.82, 2.24) is 0 Å². The van der Waals surface area contributed by atoms with Crippen LogP contribution in [0, 0.1) is 6.92 Å². The highest BCUT2D eigenvalue weighted by atomic mass is 16.7. The molecule has 17 heteroatoms. The standard InChI is InChI=1S/C34H38O17/c1-11-23-14(6-15-25(28(23)39)31(42)33(44)20(36)9-19(46-4)30(41)34(33,45)29(15)40)7-17(24(11)32(43)47-5)50-22-10-18(27(38)13(3)49-22)51-21-8-16(35)26(37)12(2)48-21/h6-7,9,12-13,16,18,21-22,26-27,30,35,37-39,41,44-45H,8,10H2,1-5H3. The summed E-state index contributed by atoms with van der Waals surface area (Å²) in [6.45, 7) is 4.47. The van der Waals surface area contributed by atoms with E-state index in [1.54, 1.807) is 13.8 Å². The lowest BCUT2D eigenvalue weighted by Crippen LogP contribution is -2.76. The van der Waals surface area contributed by atoms with E-state index in [4.69, 9.17) is 28.4 Å². The van der Waals surface area contributed by atoms with Crippen molar-refractivity contribution < 1.29 is 83.3 Å². The predicted octanol–water partition coefficient (Wildman–Crippen LogP) is -0.928. The summed E-state index contributed by atoms with van der Waals surface area (Å²) in [5.74, 6) is -7.19. The normalized spacial score (nSPS) is 36.6. The van der Waals surface area contributed by atoms with Crippen LogP contribution in [0.25, 0.3) is 10.8 Å². The number of carbonyl (C=O) groups is 4. The van der Waals surface area contributed by atoms with Crippen LogP contribution in [0.15, 0.2) is 24.0 Å². The molecule has 11 unspecified atom stereocenters. The number of aromatic hydroxyl groups is 1. The molecule has 276 valence electrons. The Morgan fingerprint density at radius 1 is 0.922 bits per heavy atom. The van der Waals surface area contributed by atoms with E-state index in [9.17, 15) is 54.9 Å². The van der Waals surface area contributed by atoms with Crippen molar-refractivity contribution in [3.8, 4) is 11.5 Å². The van der Waals surface area contributed by atoms with Gasteiger partial charge in [-0.2, -0.15) is 0 Å². The summed E-state index contributed by atoms with van der Waals surface area (Å²) < 4.78 is 33.5. The number of phenolic OH excluding ortho intramolecular Hbond substituents is 1. The monoisotopic (exact) mass is 718 g/mol. The van der Waals surface area contributed by atoms with Crippen molar-refractivity contribution >= 4 is 34.1 Å². The Labute approximate surface area is 289 Å². The minimum Gasteiger partial charge on any atom is -0.507 e. The van der Waals surface area contributed by atoms with Gasteiger partial charge in [0.25, 0.3) is 0 Å². The van der Waals surface area contributed by atoms with Crippen molar-refractivity contribution in [2.24, 2.45) is 0 Å². The molecule has 51 heavy (non-hydrogen) atoms. The van der Waals surface area contributed by atoms with Gasteiger partial charge in [0.2, 0.25) is 34.8 Å². The van der Waals surface area contributed by atoms with Gasteiger partial charge < -0.3 is 64.2 Å². The number of aliphatic hydroxyl groups is 6. The summed E-state index contributed by atoms with van der Waals surface area (Å²) in [6, 6.07) is 2.28. The number of methoxy groups -OCH3 is 2. The molecule has 6 rings (SSSR count). The number of rotatable bonds is 6. The smallest absolute Gasteiger partial charge is 0.341 e. The van der Waals surface area contributed by atoms with E-state index < -0.39 is 112 Å². The first-order chi connectivity index (χ1) is 23.9. The Kier molecular flexibility index (Phi) is 9.27. The molecule has 2 aromatic rings. The van der Waals surface area contributed by atoms with Crippen molar-refractivity contribution in [1.29, 1.82) is 0 Å². The molecular weight excluding hydrogens is 680 g/mol. The van der Waals surface area contributed by atoms with Gasteiger partial charge in [-0.25, -0.2) is 4.79 Å². The first kappa shape index (κ1) is 36.7. The molecular formula is C34H38O17. The summed E-state index contributed by atoms with van der Waals surface area (Å²) in [5, 5.41) is 76.1. The number of aliphatic hydroxyl groups excluding tert-OH is 4. The Bertz CT molecular complexity index is 1840. The first-order valence-corrected chi connectivity index (χ1v) is 16.0. The first-order valence-electron chi connectivity index (χ1n) is 16.0. The Balaban J connectivity index is 1.42. The lowest BCUT2D eigenvalue weighted by atomic mass is 9.60. The van der Waals surface area contributed by atoms with Crippen molar-refractivity contribution in [2.45, 2.75) is 100 Å². The Morgan fingerprint density at radius 2 is 1.57 bits per heavy atom. The molecule has 17 nitrogen and oxygen atoms in total. The number of hydrogen-bond acceptors (Lipinski definition) is 17. The van der Waals surface area contributed by atoms with Crippen molar-refractivity contribution in [2.75, 3.05) is 14.2 Å². The summed E-state index contributed by atoms with van der Waals surface area (Å²) in [5.41, 5.74) is -8.74. The number of benzene rings is 2. The molecule has 0 bridgehead atoms. The second-order valence-electron chi connectivity index (χ2n) is 13.1. The Morgan fingerprint density at radius 3 is 2.20 bits per heavy atom. The van der Waals surface area contributed by atoms with Gasteiger partial charge in [-0.3, -0.25) is 14.4 Å². The number of Topliss-reactive ketones (excluding diaryl/α,β-unsaturated/α-hetero) is 2. The molecule has 2 heterocycles. The van der Waals surface area contributed by atoms with Gasteiger partial charge >= 0.3 is 5.97 Å². The zero-order chi connectivity index (χ0) is 37.5. The summed E-state index contributed by atoms with van der Waals surface area (Å²) in [6.07, 6.45) is -10.3. The van der Waals surface area contributed by atoms with E-state index in [1.165, 1.54) is 13.0 Å². The molecule has 2 saturated heterocycles. The van der Waals surface area contributed by atoms with Gasteiger partial charge in [0, 0.05) is 29.9 Å². The summed E-state index contributed by atoms with van der Waals surface area (Å²) >= 11 is 0. The fourth-order valence-corrected chi connectivity index (χ4v) is 7.28. The van der Waals surface area contributed by atoms with Crippen LogP contribution in [0.1, 0.15) is 63.3 Å². The number of esters is 1. The average molecular weight is 719 g/mol. The van der Waals surface area contributed by atoms with Crippen LogP contribution >= 0.6 is 0 Å². The molecule has 0 amide bonds. The van der Waals surface area contributed by atoms with E-state index in [0.29, 0.717) is 6.08 Å². The van der Waals surface area contributed by atoms with E-state index >= 15 is 0 Å². The second kappa shape index (κ2) is 12.9. The third-order valence-corrected chi connectivity index (χ3v) is 10.1. The molecule has 2 fully saturated rings. The van der Waals surface area contributed by atoms with Gasteiger partial charge in [-0.15, -0.1) is 0 Å². The fraction of sp³-hybridized carbons (Fsp3) is 0.529. The van der Waals surface area contributed by atoms with Crippen LogP contribution in [-0.2, 0) is 28.5 Å². The number of aryl methyl sites for hydroxylation is 1. The van der Waals surface area contributed by atoms with Gasteiger partial charge in [0.15, 0.2) is 12.4 Å². The van der Waals surface area contributed by atoms with E-state index in [0.717, 1.165) is 20.3 Å². The maximum Gasteiger partial charge on any atom is 0.341 e. The molecule has 2 aromatic carbocycles. The molecule has 11 atom stereocenters. The van der Waals surface area contributed by atoms with Crippen LogP contribution in [-0.4, -0.2) is 140 Å². The summed E-state index contributed by atoms with van der Waals surface area (Å²) in [4.78, 5) is 53.9. The number of ether oxygens (including phenoxy) is 6. The lowest BCUT2D eigenvalue weighted by molar-refractivity contribution is -0.298. The van der Waals surface area contributed by atoms with Gasteiger partial charge in [-0.1, -0.05) is 0 Å². The zero-order valence-electron chi connectivity index (χ0n) is 28.1. The molecule has 2 aliphatic heterocycles. The topological polar surface area (TPSA) is 265 Å². The maximum absolute atomic E-state index is 13.9. The summed E-state index contributed by atoms with van der Waals surface area (Å²) in [7, 11) is 2.12. The number of phenols is 1. The third-order valence-electron chi connectivity index (χ3n) is 10.1. The third kappa shape index (κ3) is 5.34. The number of ketones is 3. The van der Waals surface area contributed by atoms with E-state index in [-0.39, 0.29) is 40.5 Å². The van der Waals surface area contributed by atoms with E-state index in [1.807, 2.05) is 0 Å². The molecule has 0 radical (unpaired) electrons. The van der Waals surface area contributed by atoms with Gasteiger partial charge in [0.1, 0.15) is 35.0 Å². The molecule has 0 aromatic heterocycles. The highest BCUT2D eigenvalue weighted by Crippen LogP contribution is 2.49. The minimum atomic E-state index is -3.54. The molecule has 0 saturated carbocycles. The number of hydrogen-bond donors (Lipinski definition) is 7. The molecule has 4 aliphatic rings. The largest absolute Gasteiger partial charge is 0.507 e. The molecule has 7 N–H and O–H groups in total. The van der Waals surface area contributed by atoms with Crippen molar-refractivity contribution in [3.05, 3.63) is 46.2 Å². The van der Waals surface area contributed by atoms with Gasteiger partial charge in [0.05, 0.1) is 44.2 Å². The quantitative estimate of drug-likeness (QED) is 0.141. The van der Waals surface area contributed by atoms with Crippen LogP contribution < -0.4 is 4.74 Å². The fourth-order valence-electron chi connectivity index (χ4n) is 7.28. The minimum absolute atomic E-state index is 0.0189. The van der Waals surface area contributed by atoms with Crippen LogP contribution in [0.5, 0.6) is 11.5 Å². The molecule has 0 spiro atoms. The maximum atomic E-state index is 13.9. The van der Waals surface area contributed by atoms with E-state index in [2.05, 4.69) is 0 Å². The molecule has 2 aliphatic carbocycles. The van der Waals surface area contributed by atoms with Crippen LogP contribution in [0.4, 0.5) is 0 Å². The van der Waals surface area contributed by atoms with Gasteiger partial charge in [-0.05, 0) is 43.9 Å². The zero-order valence-corrected chi connectivity index (χ0v) is 28.1. The second-order valence-corrected chi connectivity index (χ2v) is 13.1. The lowest BCUT2D eigenvalue weighted by Gasteiger charge is -2.47. The van der Waals surface area contributed by atoms with Crippen LogP contribution in [0.2, 0.25) is 0 Å².